The maximum atomic E-state index is 6.30. The summed E-state index contributed by atoms with van der Waals surface area (Å²) < 4.78 is 0. The molecule has 2 N–H and O–H groups in total. The number of benzene rings is 1. The molecule has 0 saturated heterocycles. The molecule has 0 amide bonds. The Labute approximate surface area is 150 Å². The lowest BCUT2D eigenvalue weighted by Crippen LogP contribution is -2.64. The summed E-state index contributed by atoms with van der Waals surface area (Å²) in [6.45, 7) is 2.48. The van der Waals surface area contributed by atoms with Gasteiger partial charge in [0.25, 0.3) is 0 Å². The molecule has 2 unspecified atom stereocenters. The molecule has 4 bridgehead atoms. The Bertz CT molecular complexity index is 610. The average molecular weight is 348 g/mol. The van der Waals surface area contributed by atoms with Gasteiger partial charge in [-0.05, 0) is 66.8 Å². The van der Waals surface area contributed by atoms with Gasteiger partial charge in [0.15, 0.2) is 0 Å². The van der Waals surface area contributed by atoms with E-state index in [-0.39, 0.29) is 10.8 Å². The van der Waals surface area contributed by atoms with E-state index >= 15 is 0 Å². The fourth-order valence-corrected chi connectivity index (χ4v) is 7.08. The van der Waals surface area contributed by atoms with Crippen LogP contribution in [0, 0.1) is 22.7 Å². The Kier molecular flexibility index (Phi) is 3.59. The topological polar surface area (TPSA) is 26.0 Å². The molecule has 4 aliphatic carbocycles. The second-order valence-corrected chi connectivity index (χ2v) is 9.44. The summed E-state index contributed by atoms with van der Waals surface area (Å²) in [6, 6.07) is 11.1. The summed E-state index contributed by atoms with van der Waals surface area (Å²) in [6.07, 6.45) is 7.21. The molecule has 0 spiro atoms. The lowest BCUT2D eigenvalue weighted by Gasteiger charge is -2.68. The van der Waals surface area contributed by atoms with Crippen molar-refractivity contribution in [2.24, 2.45) is 28.4 Å². The van der Waals surface area contributed by atoms with E-state index in [1.54, 1.807) is 0 Å². The summed E-state index contributed by atoms with van der Waals surface area (Å²) in [5, 5.41) is 0. The van der Waals surface area contributed by atoms with E-state index < -0.39 is 0 Å². The second kappa shape index (κ2) is 5.20. The van der Waals surface area contributed by atoms with Crippen molar-refractivity contribution in [2.45, 2.75) is 50.9 Å². The van der Waals surface area contributed by atoms with E-state index in [0.717, 1.165) is 23.7 Å². The van der Waals surface area contributed by atoms with Crippen LogP contribution in [0.4, 0.5) is 0 Å². The van der Waals surface area contributed by atoms with Crippen LogP contribution in [-0.2, 0) is 5.41 Å². The smallest absolute Gasteiger partial charge is 0.0790 e. The van der Waals surface area contributed by atoms with Crippen molar-refractivity contribution in [1.82, 2.24) is 0 Å². The molecule has 0 aliphatic heterocycles. The third-order valence-electron chi connectivity index (χ3n) is 7.63. The number of halogens is 1. The summed E-state index contributed by atoms with van der Waals surface area (Å²) in [5.74, 6) is 2.16. The quantitative estimate of drug-likeness (QED) is 0.608. The first-order valence-corrected chi connectivity index (χ1v) is 9.80. The van der Waals surface area contributed by atoms with Crippen LogP contribution >= 0.6 is 23.8 Å². The first-order chi connectivity index (χ1) is 10.9. The minimum atomic E-state index is 0.0861. The van der Waals surface area contributed by atoms with Crippen LogP contribution in [0.2, 0.25) is 0 Å². The molecule has 124 valence electrons. The number of hydrogen-bond donors (Lipinski definition) is 1. The highest BCUT2D eigenvalue weighted by Crippen LogP contribution is 2.71. The summed E-state index contributed by atoms with van der Waals surface area (Å²) in [7, 11) is 0. The minimum Gasteiger partial charge on any atom is -0.393 e. The molecule has 3 heteroatoms. The zero-order valence-electron chi connectivity index (χ0n) is 13.9. The van der Waals surface area contributed by atoms with Gasteiger partial charge in [-0.2, -0.15) is 0 Å². The highest BCUT2D eigenvalue weighted by atomic mass is 35.5. The van der Waals surface area contributed by atoms with Crippen molar-refractivity contribution < 1.29 is 0 Å². The number of rotatable bonds is 4. The number of alkyl halides is 1. The molecule has 0 aromatic heterocycles. The molecule has 1 aromatic carbocycles. The fraction of sp³-hybridized carbons (Fsp3) is 0.650. The summed E-state index contributed by atoms with van der Waals surface area (Å²) in [5.41, 5.74) is 8.54. The van der Waals surface area contributed by atoms with Gasteiger partial charge < -0.3 is 5.73 Å². The zero-order chi connectivity index (χ0) is 16.3. The number of nitrogens with two attached hydrogens (primary N) is 1. The van der Waals surface area contributed by atoms with Crippen LogP contribution in [0.5, 0.6) is 0 Å². The van der Waals surface area contributed by atoms with E-state index in [9.17, 15) is 0 Å². The maximum Gasteiger partial charge on any atom is 0.0790 e. The summed E-state index contributed by atoms with van der Waals surface area (Å²) in [4.78, 5) is 0.764. The van der Waals surface area contributed by atoms with Crippen molar-refractivity contribution in [3.63, 3.8) is 0 Å². The molecular weight excluding hydrogens is 322 g/mol. The maximum absolute atomic E-state index is 6.30. The Hall–Kier alpha value is -0.600. The fourth-order valence-electron chi connectivity index (χ4n) is 6.43. The zero-order valence-corrected chi connectivity index (χ0v) is 15.4. The van der Waals surface area contributed by atoms with Gasteiger partial charge >= 0.3 is 0 Å². The highest BCUT2D eigenvalue weighted by molar-refractivity contribution is 7.80. The Morgan fingerprint density at radius 1 is 1.17 bits per heavy atom. The lowest BCUT2D eigenvalue weighted by molar-refractivity contribution is -0.134. The molecule has 1 nitrogen and oxygen atoms in total. The minimum absolute atomic E-state index is 0.0861. The molecule has 1 aromatic rings. The lowest BCUT2D eigenvalue weighted by atomic mass is 9.36. The molecule has 2 atom stereocenters. The van der Waals surface area contributed by atoms with E-state index in [4.69, 9.17) is 29.6 Å². The average Bonchev–Trinajstić information content (AvgIpc) is 2.53. The van der Waals surface area contributed by atoms with Crippen molar-refractivity contribution in [1.29, 1.82) is 0 Å². The Morgan fingerprint density at radius 2 is 1.78 bits per heavy atom. The highest BCUT2D eigenvalue weighted by Gasteiger charge is 2.65. The first kappa shape index (κ1) is 15.9. The van der Waals surface area contributed by atoms with Gasteiger partial charge in [-0.1, -0.05) is 49.5 Å². The van der Waals surface area contributed by atoms with Gasteiger partial charge in [-0.3, -0.25) is 0 Å². The van der Waals surface area contributed by atoms with E-state index in [0.29, 0.717) is 17.3 Å². The Balaban J connectivity index is 1.80. The number of hydrogen-bond acceptors (Lipinski definition) is 1. The van der Waals surface area contributed by atoms with Gasteiger partial charge in [0.1, 0.15) is 0 Å². The molecule has 23 heavy (non-hydrogen) atoms. The molecular formula is C20H26ClNS. The van der Waals surface area contributed by atoms with Crippen LogP contribution in [0.15, 0.2) is 30.3 Å². The third kappa shape index (κ3) is 2.14. The van der Waals surface area contributed by atoms with Crippen molar-refractivity contribution >= 4 is 28.8 Å². The van der Waals surface area contributed by atoms with Crippen LogP contribution in [0.1, 0.15) is 51.0 Å². The largest absolute Gasteiger partial charge is 0.393 e. The van der Waals surface area contributed by atoms with Crippen molar-refractivity contribution in [3.8, 4) is 0 Å². The van der Waals surface area contributed by atoms with Gasteiger partial charge in [0.05, 0.1) is 4.99 Å². The first-order valence-electron chi connectivity index (χ1n) is 8.86. The van der Waals surface area contributed by atoms with Crippen molar-refractivity contribution in [2.75, 3.05) is 5.88 Å². The molecule has 5 rings (SSSR count). The van der Waals surface area contributed by atoms with Gasteiger partial charge in [0.2, 0.25) is 0 Å². The molecule has 4 saturated carbocycles. The number of thiocarbonyl (C=S) groups is 1. The van der Waals surface area contributed by atoms with Crippen LogP contribution in [0.25, 0.3) is 0 Å². The predicted molar refractivity (Wildman–Crippen MR) is 101 cm³/mol. The van der Waals surface area contributed by atoms with Crippen LogP contribution in [-0.4, -0.2) is 10.9 Å². The van der Waals surface area contributed by atoms with Gasteiger partial charge in [0, 0.05) is 11.3 Å². The molecule has 4 fully saturated rings. The van der Waals surface area contributed by atoms with Crippen LogP contribution < -0.4 is 5.73 Å². The molecule has 4 aliphatic rings. The van der Waals surface area contributed by atoms with Crippen molar-refractivity contribution in [3.05, 3.63) is 35.9 Å². The van der Waals surface area contributed by atoms with E-state index in [1.807, 2.05) is 0 Å². The monoisotopic (exact) mass is 347 g/mol. The standard InChI is InChI=1S/C20H26ClNS/c1-18(7-8-21)15-9-19(14-5-3-2-4-6-14)10-16(18)12-20(11-15,13-19)17(22)23/h2-6,15-16H,7-13H2,1H3,(H2,22,23). The molecule has 0 radical (unpaired) electrons. The third-order valence-corrected chi connectivity index (χ3v) is 8.25. The van der Waals surface area contributed by atoms with E-state index in [1.165, 1.54) is 31.2 Å². The normalized spacial score (nSPS) is 44.4. The van der Waals surface area contributed by atoms with Gasteiger partial charge in [-0.15, -0.1) is 11.6 Å². The Morgan fingerprint density at radius 3 is 2.30 bits per heavy atom. The van der Waals surface area contributed by atoms with E-state index in [2.05, 4.69) is 37.3 Å². The summed E-state index contributed by atoms with van der Waals surface area (Å²) >= 11 is 11.8. The predicted octanol–water partition coefficient (Wildman–Crippen LogP) is 5.06. The second-order valence-electron chi connectivity index (χ2n) is 8.62. The van der Waals surface area contributed by atoms with Gasteiger partial charge in [-0.25, -0.2) is 0 Å². The SMILES string of the molecule is CC1(CCCl)C2CC3(C(N)=S)CC1CC(c1ccccc1)(C2)C3. The van der Waals surface area contributed by atoms with Crippen LogP contribution in [0.3, 0.4) is 0 Å². The molecule has 0 heterocycles.